The van der Waals surface area contributed by atoms with E-state index in [-0.39, 0.29) is 12.1 Å². The highest BCUT2D eigenvalue weighted by atomic mass is 16.5. The van der Waals surface area contributed by atoms with Gasteiger partial charge in [-0.3, -0.25) is 9.59 Å². The highest BCUT2D eigenvalue weighted by molar-refractivity contribution is 6.35. The Bertz CT molecular complexity index is 551. The summed E-state index contributed by atoms with van der Waals surface area (Å²) in [5.74, 6) is -0.440. The number of hydrogen-bond donors (Lipinski definition) is 3. The van der Waals surface area contributed by atoms with E-state index in [9.17, 15) is 9.59 Å². The Morgan fingerprint density at radius 2 is 2.00 bits per heavy atom. The molecular formula is C17H26N3O5+. The molecule has 2 fully saturated rings. The van der Waals surface area contributed by atoms with Crippen LogP contribution in [0.15, 0.2) is 22.8 Å². The number of furan rings is 1. The van der Waals surface area contributed by atoms with E-state index >= 15 is 0 Å². The van der Waals surface area contributed by atoms with Crippen molar-refractivity contribution in [1.82, 2.24) is 10.6 Å². The number of ether oxygens (including phenoxy) is 2. The van der Waals surface area contributed by atoms with Crippen molar-refractivity contribution in [3.8, 4) is 0 Å². The Hall–Kier alpha value is -1.90. The lowest BCUT2D eigenvalue weighted by Crippen LogP contribution is -3.15. The van der Waals surface area contributed by atoms with Crippen molar-refractivity contribution in [3.05, 3.63) is 24.2 Å². The zero-order chi connectivity index (χ0) is 17.5. The fourth-order valence-corrected chi connectivity index (χ4v) is 3.28. The number of carbonyl (C=O) groups excluding carboxylic acids is 2. The van der Waals surface area contributed by atoms with Gasteiger partial charge in [0, 0.05) is 13.2 Å². The molecule has 8 nitrogen and oxygen atoms in total. The molecule has 0 aliphatic carbocycles. The van der Waals surface area contributed by atoms with Crippen molar-refractivity contribution in [3.63, 3.8) is 0 Å². The Kier molecular flexibility index (Phi) is 6.43. The van der Waals surface area contributed by atoms with E-state index < -0.39 is 11.8 Å². The van der Waals surface area contributed by atoms with Crippen LogP contribution in [0.5, 0.6) is 0 Å². The molecule has 0 bridgehead atoms. The molecule has 138 valence electrons. The fourth-order valence-electron chi connectivity index (χ4n) is 3.28. The van der Waals surface area contributed by atoms with Crippen molar-refractivity contribution in [2.24, 2.45) is 0 Å². The normalized spacial score (nSPS) is 22.5. The van der Waals surface area contributed by atoms with Crippen LogP contribution >= 0.6 is 0 Å². The molecule has 2 saturated heterocycles. The molecule has 1 aromatic heterocycles. The lowest BCUT2D eigenvalue weighted by atomic mass is 10.1. The predicted molar refractivity (Wildman–Crippen MR) is 88.0 cm³/mol. The van der Waals surface area contributed by atoms with Crippen LogP contribution in [0, 0.1) is 0 Å². The van der Waals surface area contributed by atoms with E-state index in [0.29, 0.717) is 26.3 Å². The second kappa shape index (κ2) is 8.98. The van der Waals surface area contributed by atoms with E-state index in [4.69, 9.17) is 13.9 Å². The van der Waals surface area contributed by atoms with E-state index in [1.807, 2.05) is 12.1 Å². The van der Waals surface area contributed by atoms with Gasteiger partial charge in [-0.2, -0.15) is 0 Å². The number of quaternary nitrogens is 1. The largest absolute Gasteiger partial charge is 0.463 e. The number of amides is 2. The van der Waals surface area contributed by atoms with E-state index in [2.05, 4.69) is 10.6 Å². The Morgan fingerprint density at radius 1 is 1.20 bits per heavy atom. The molecule has 0 unspecified atom stereocenters. The first-order valence-electron chi connectivity index (χ1n) is 8.87. The number of carbonyl (C=O) groups is 2. The van der Waals surface area contributed by atoms with Gasteiger partial charge in [0.1, 0.15) is 13.1 Å². The quantitative estimate of drug-likeness (QED) is 0.550. The van der Waals surface area contributed by atoms with Crippen LogP contribution in [0.3, 0.4) is 0 Å². The number of morpholine rings is 1. The van der Waals surface area contributed by atoms with E-state index in [1.54, 1.807) is 6.26 Å². The first-order chi connectivity index (χ1) is 12.2. The molecule has 0 radical (unpaired) electrons. The monoisotopic (exact) mass is 352 g/mol. The van der Waals surface area contributed by atoms with Crippen LogP contribution in [0.4, 0.5) is 0 Å². The molecule has 0 aromatic carbocycles. The minimum Gasteiger partial charge on any atom is -0.463 e. The molecule has 3 heterocycles. The summed E-state index contributed by atoms with van der Waals surface area (Å²) in [7, 11) is 0. The molecular weight excluding hydrogens is 326 g/mol. The lowest BCUT2D eigenvalue weighted by Gasteiger charge is -2.30. The van der Waals surface area contributed by atoms with Crippen LogP contribution in [0.25, 0.3) is 0 Å². The Labute approximate surface area is 146 Å². The van der Waals surface area contributed by atoms with Gasteiger partial charge in [0.2, 0.25) is 0 Å². The highest BCUT2D eigenvalue weighted by Gasteiger charge is 2.29. The highest BCUT2D eigenvalue weighted by Crippen LogP contribution is 2.11. The molecule has 2 amide bonds. The average Bonchev–Trinajstić information content (AvgIpc) is 3.34. The van der Waals surface area contributed by atoms with Crippen molar-refractivity contribution < 1.29 is 28.4 Å². The first kappa shape index (κ1) is 17.9. The van der Waals surface area contributed by atoms with Gasteiger partial charge in [0.15, 0.2) is 11.8 Å². The molecule has 1 aromatic rings. The summed E-state index contributed by atoms with van der Waals surface area (Å²) < 4.78 is 16.4. The second-order valence-corrected chi connectivity index (χ2v) is 6.39. The van der Waals surface area contributed by atoms with Gasteiger partial charge in [-0.05, 0) is 25.0 Å². The predicted octanol–water partition coefficient (Wildman–Crippen LogP) is -1.35. The molecule has 25 heavy (non-hydrogen) atoms. The second-order valence-electron chi connectivity index (χ2n) is 6.39. The zero-order valence-corrected chi connectivity index (χ0v) is 14.3. The molecule has 2 aliphatic heterocycles. The maximum absolute atomic E-state index is 12.1. The van der Waals surface area contributed by atoms with Gasteiger partial charge in [-0.25, -0.2) is 0 Å². The van der Waals surface area contributed by atoms with Crippen molar-refractivity contribution in [2.75, 3.05) is 46.0 Å². The summed E-state index contributed by atoms with van der Waals surface area (Å²) in [5, 5.41) is 5.37. The molecule has 0 spiro atoms. The molecule has 2 atom stereocenters. The SMILES string of the molecule is O=C(NC[C@@H]1CCCO1)C(=O)NC[C@@H](c1ccco1)[NH+]1CCOCC1. The number of nitrogens with one attached hydrogen (secondary N) is 3. The third-order valence-corrected chi connectivity index (χ3v) is 4.70. The van der Waals surface area contributed by atoms with Gasteiger partial charge in [-0.1, -0.05) is 0 Å². The number of rotatable bonds is 6. The van der Waals surface area contributed by atoms with Gasteiger partial charge >= 0.3 is 11.8 Å². The lowest BCUT2D eigenvalue weighted by molar-refractivity contribution is -0.938. The Balaban J connectivity index is 1.49. The number of hydrogen-bond acceptors (Lipinski definition) is 5. The first-order valence-corrected chi connectivity index (χ1v) is 8.87. The summed E-state index contributed by atoms with van der Waals surface area (Å²) in [5.41, 5.74) is 0. The summed E-state index contributed by atoms with van der Waals surface area (Å²) in [6.45, 7) is 4.49. The smallest absolute Gasteiger partial charge is 0.309 e. The molecule has 0 saturated carbocycles. The summed E-state index contributed by atoms with van der Waals surface area (Å²) >= 11 is 0. The third-order valence-electron chi connectivity index (χ3n) is 4.70. The fraction of sp³-hybridized carbons (Fsp3) is 0.647. The van der Waals surface area contributed by atoms with Crippen LogP contribution in [0.1, 0.15) is 24.6 Å². The average molecular weight is 352 g/mol. The van der Waals surface area contributed by atoms with Crippen LogP contribution < -0.4 is 15.5 Å². The summed E-state index contributed by atoms with van der Waals surface area (Å²) in [4.78, 5) is 25.3. The molecule has 3 N–H and O–H groups in total. The molecule has 8 heteroatoms. The zero-order valence-electron chi connectivity index (χ0n) is 14.3. The third kappa shape index (κ3) is 5.04. The molecule has 3 rings (SSSR count). The van der Waals surface area contributed by atoms with Gasteiger partial charge < -0.3 is 29.4 Å². The van der Waals surface area contributed by atoms with Crippen molar-refractivity contribution in [1.29, 1.82) is 0 Å². The maximum Gasteiger partial charge on any atom is 0.309 e. The minimum absolute atomic E-state index is 0.0189. The van der Waals surface area contributed by atoms with Crippen LogP contribution in [-0.4, -0.2) is 63.9 Å². The van der Waals surface area contributed by atoms with Crippen molar-refractivity contribution >= 4 is 11.8 Å². The maximum atomic E-state index is 12.1. The van der Waals surface area contributed by atoms with E-state index in [0.717, 1.165) is 38.3 Å². The van der Waals surface area contributed by atoms with Gasteiger partial charge in [0.05, 0.1) is 32.1 Å². The Morgan fingerprint density at radius 3 is 2.68 bits per heavy atom. The minimum atomic E-state index is -0.623. The van der Waals surface area contributed by atoms with Crippen LogP contribution in [-0.2, 0) is 19.1 Å². The molecule has 2 aliphatic rings. The van der Waals surface area contributed by atoms with Crippen LogP contribution in [0.2, 0.25) is 0 Å². The summed E-state index contributed by atoms with van der Waals surface area (Å²) in [6.07, 6.45) is 3.56. The van der Waals surface area contributed by atoms with E-state index in [1.165, 1.54) is 4.90 Å². The van der Waals surface area contributed by atoms with Gasteiger partial charge in [-0.15, -0.1) is 0 Å². The van der Waals surface area contributed by atoms with Crippen molar-refractivity contribution in [2.45, 2.75) is 25.0 Å². The standard InChI is InChI=1S/C17H25N3O5/c21-16(18-11-13-3-1-7-24-13)17(22)19-12-14(15-4-2-8-25-15)20-5-9-23-10-6-20/h2,4,8,13-14H,1,3,5-7,9-12H2,(H,18,21)(H,19,22)/p+1/t13-,14-/m0/s1. The summed E-state index contributed by atoms with van der Waals surface area (Å²) in [6, 6.07) is 3.70. The van der Waals surface area contributed by atoms with Gasteiger partial charge in [0.25, 0.3) is 0 Å². The topological polar surface area (TPSA) is 94.2 Å².